The molecule has 0 fully saturated rings. The van der Waals surface area contributed by atoms with Crippen molar-refractivity contribution in [2.75, 3.05) is 40.9 Å². The number of amides is 1. The number of hydrogen-bond acceptors (Lipinski definition) is 5. The number of nitrogens with one attached hydrogen (secondary N) is 1. The molecule has 0 spiro atoms. The number of phosphoric ester groups is 1. The van der Waals surface area contributed by atoms with Gasteiger partial charge in [-0.15, -0.1) is 0 Å². The Morgan fingerprint density at radius 3 is 1.07 bits per heavy atom. The van der Waals surface area contributed by atoms with Crippen molar-refractivity contribution >= 4 is 13.7 Å². The molecule has 0 aromatic heterocycles. The first-order chi connectivity index (χ1) is 40.0. The van der Waals surface area contributed by atoms with Crippen LogP contribution in [0.4, 0.5) is 0 Å². The number of allylic oxidation sites excluding steroid dienone is 10. The smallest absolute Gasteiger partial charge is 0.391 e. The van der Waals surface area contributed by atoms with Gasteiger partial charge >= 0.3 is 7.82 Å². The lowest BCUT2D eigenvalue weighted by molar-refractivity contribution is -0.870. The zero-order valence-corrected chi connectivity index (χ0v) is 56.1. The van der Waals surface area contributed by atoms with Crippen LogP contribution in [0.15, 0.2) is 60.8 Å². The molecule has 0 heterocycles. The van der Waals surface area contributed by atoms with Gasteiger partial charge in [-0.05, 0) is 57.8 Å². The summed E-state index contributed by atoms with van der Waals surface area (Å²) in [6.45, 7) is 4.82. The molecule has 8 nitrogen and oxygen atoms in total. The zero-order chi connectivity index (χ0) is 59.8. The average molecular weight is 1170 g/mol. The molecule has 0 aliphatic carbocycles. The van der Waals surface area contributed by atoms with E-state index in [4.69, 9.17) is 9.05 Å². The predicted molar refractivity (Wildman–Crippen MR) is 360 cm³/mol. The highest BCUT2D eigenvalue weighted by Crippen LogP contribution is 2.43. The van der Waals surface area contributed by atoms with E-state index in [1.54, 1.807) is 0 Å². The highest BCUT2D eigenvalue weighted by atomic mass is 31.2. The third kappa shape index (κ3) is 65.7. The molecule has 3 unspecified atom stereocenters. The van der Waals surface area contributed by atoms with E-state index < -0.39 is 20.0 Å². The van der Waals surface area contributed by atoms with Gasteiger partial charge in [-0.25, -0.2) is 4.57 Å². The minimum absolute atomic E-state index is 0.0752. The van der Waals surface area contributed by atoms with Crippen LogP contribution in [0.3, 0.4) is 0 Å². The summed E-state index contributed by atoms with van der Waals surface area (Å²) in [6, 6.07) is -0.763. The monoisotopic (exact) mass is 1170 g/mol. The van der Waals surface area contributed by atoms with Gasteiger partial charge in [-0.2, -0.15) is 0 Å². The van der Waals surface area contributed by atoms with Gasteiger partial charge in [0.25, 0.3) is 0 Å². The Kier molecular flexibility index (Phi) is 62.3. The molecule has 0 radical (unpaired) electrons. The summed E-state index contributed by atoms with van der Waals surface area (Å²) in [6.07, 6.45) is 87.5. The summed E-state index contributed by atoms with van der Waals surface area (Å²) >= 11 is 0. The largest absolute Gasteiger partial charge is 0.472 e. The van der Waals surface area contributed by atoms with E-state index >= 15 is 0 Å². The first-order valence-corrected chi connectivity index (χ1v) is 37.1. The molecule has 0 saturated carbocycles. The molecule has 0 aliphatic heterocycles. The van der Waals surface area contributed by atoms with Crippen LogP contribution >= 0.6 is 7.82 Å². The number of aliphatic hydroxyl groups is 1. The molecule has 0 bridgehead atoms. The van der Waals surface area contributed by atoms with Gasteiger partial charge < -0.3 is 19.8 Å². The van der Waals surface area contributed by atoms with Gasteiger partial charge in [0.1, 0.15) is 13.2 Å². The van der Waals surface area contributed by atoms with E-state index in [1.165, 1.54) is 250 Å². The van der Waals surface area contributed by atoms with Gasteiger partial charge in [0.2, 0.25) is 5.91 Å². The fraction of sp³-hybridized carbons (Fsp3) is 0.849. The average Bonchev–Trinajstić information content (AvgIpc) is 3.47. The van der Waals surface area contributed by atoms with Crippen molar-refractivity contribution in [2.45, 2.75) is 360 Å². The number of carbonyl (C=O) groups excluding carboxylic acids is 1. The van der Waals surface area contributed by atoms with Gasteiger partial charge in [-0.1, -0.05) is 344 Å². The number of quaternary nitrogens is 1. The molecule has 3 atom stereocenters. The highest BCUT2D eigenvalue weighted by molar-refractivity contribution is 7.47. The lowest BCUT2D eigenvalue weighted by Crippen LogP contribution is -2.46. The number of hydrogen-bond donors (Lipinski definition) is 3. The van der Waals surface area contributed by atoms with Crippen LogP contribution in [-0.4, -0.2) is 73.4 Å². The van der Waals surface area contributed by atoms with Gasteiger partial charge in [0.05, 0.1) is 39.9 Å². The maximum atomic E-state index is 13.1. The Balaban J connectivity index is 4.01. The second-order valence-corrected chi connectivity index (χ2v) is 27.0. The summed E-state index contributed by atoms with van der Waals surface area (Å²) in [5, 5.41) is 14.2. The quantitative estimate of drug-likeness (QED) is 0.0243. The van der Waals surface area contributed by atoms with Crippen molar-refractivity contribution in [3.05, 3.63) is 60.8 Å². The number of aliphatic hydroxyl groups excluding tert-OH is 1. The molecular formula is C73H140N2O6P+. The number of unbranched alkanes of at least 4 members (excludes halogenated alkanes) is 43. The molecule has 1 amide bonds. The lowest BCUT2D eigenvalue weighted by Gasteiger charge is -2.26. The van der Waals surface area contributed by atoms with Crippen LogP contribution in [-0.2, 0) is 18.4 Å². The Morgan fingerprint density at radius 1 is 0.427 bits per heavy atom. The van der Waals surface area contributed by atoms with Crippen molar-refractivity contribution in [3.63, 3.8) is 0 Å². The van der Waals surface area contributed by atoms with Crippen LogP contribution < -0.4 is 5.32 Å². The Morgan fingerprint density at radius 2 is 0.732 bits per heavy atom. The summed E-state index contributed by atoms with van der Waals surface area (Å²) in [5.74, 6) is -0.139. The van der Waals surface area contributed by atoms with E-state index in [-0.39, 0.29) is 19.1 Å². The molecule has 0 aromatic rings. The van der Waals surface area contributed by atoms with E-state index in [2.05, 4.69) is 79.9 Å². The van der Waals surface area contributed by atoms with Crippen molar-refractivity contribution in [1.29, 1.82) is 0 Å². The van der Waals surface area contributed by atoms with Gasteiger partial charge in [-0.3, -0.25) is 13.8 Å². The first-order valence-electron chi connectivity index (χ1n) is 35.7. The third-order valence-electron chi connectivity index (χ3n) is 16.3. The molecule has 0 rings (SSSR count). The van der Waals surface area contributed by atoms with E-state index in [9.17, 15) is 19.4 Å². The van der Waals surface area contributed by atoms with Gasteiger partial charge in [0, 0.05) is 6.42 Å². The fourth-order valence-corrected chi connectivity index (χ4v) is 11.5. The van der Waals surface area contributed by atoms with Crippen LogP contribution in [0.2, 0.25) is 0 Å². The molecule has 9 heteroatoms. The number of nitrogens with zero attached hydrogens (tertiary/aromatic N) is 1. The first kappa shape index (κ1) is 80.2. The van der Waals surface area contributed by atoms with Crippen LogP contribution in [0.25, 0.3) is 0 Å². The maximum absolute atomic E-state index is 13.1. The fourth-order valence-electron chi connectivity index (χ4n) is 10.8. The van der Waals surface area contributed by atoms with Crippen molar-refractivity contribution in [2.24, 2.45) is 0 Å². The molecule has 482 valence electrons. The van der Waals surface area contributed by atoms with Crippen LogP contribution in [0.1, 0.15) is 348 Å². The molecule has 3 N–H and O–H groups in total. The molecule has 0 aliphatic rings. The topological polar surface area (TPSA) is 105 Å². The maximum Gasteiger partial charge on any atom is 0.472 e. The van der Waals surface area contributed by atoms with E-state index in [1.807, 2.05) is 21.1 Å². The molecule has 82 heavy (non-hydrogen) atoms. The summed E-state index contributed by atoms with van der Waals surface area (Å²) in [5.41, 5.74) is 0. The highest BCUT2D eigenvalue weighted by Gasteiger charge is 2.28. The van der Waals surface area contributed by atoms with Crippen molar-refractivity contribution in [1.82, 2.24) is 5.32 Å². The Hall–Kier alpha value is -1.80. The minimum Gasteiger partial charge on any atom is -0.391 e. The van der Waals surface area contributed by atoms with Gasteiger partial charge in [0.15, 0.2) is 0 Å². The molecular weight excluding hydrogens is 1030 g/mol. The van der Waals surface area contributed by atoms with Crippen molar-refractivity contribution in [3.8, 4) is 0 Å². The zero-order valence-electron chi connectivity index (χ0n) is 55.2. The standard InChI is InChI=1S/C73H139N2O6P/c1-6-8-10-12-14-16-18-20-22-24-26-28-30-32-34-35-36-37-38-39-41-43-45-47-49-51-53-55-57-59-61-63-65-67-73(77)74-71(70-81-82(78,79)80-69-68-75(3,4)5)72(76)66-64-62-60-58-56-54-52-50-48-46-44-42-40-33-31-29-27-25-23-21-19-17-15-13-11-9-7-2/h8,10,14,16,20,22,26,28,32,34,71-72,76H,6-7,9,11-13,15,17-19,21,23-25,27,29-31,33,35-70H2,1-5H3,(H-,74,77,78,79)/p+1/b10-8-,16-14-,22-20-,28-26-,34-32-. The van der Waals surface area contributed by atoms with Crippen LogP contribution in [0.5, 0.6) is 0 Å². The molecule has 0 saturated heterocycles. The number of carbonyl (C=O) groups is 1. The summed E-state index contributed by atoms with van der Waals surface area (Å²) in [7, 11) is 1.63. The van der Waals surface area contributed by atoms with E-state index in [0.717, 1.165) is 70.6 Å². The number of rotatable bonds is 66. The van der Waals surface area contributed by atoms with E-state index in [0.29, 0.717) is 23.9 Å². The second-order valence-electron chi connectivity index (χ2n) is 25.6. The second kappa shape index (κ2) is 63.7. The minimum atomic E-state index is -4.33. The summed E-state index contributed by atoms with van der Waals surface area (Å²) in [4.78, 5) is 23.5. The molecule has 0 aromatic carbocycles. The van der Waals surface area contributed by atoms with Crippen molar-refractivity contribution < 1.29 is 32.9 Å². The Labute approximate surface area is 511 Å². The SMILES string of the molecule is CC/C=C\C/C=C\C/C=C\C/C=C\C/C=C\CCCCCCCCCCCCCCCCCCCC(=O)NC(COP(=O)(O)OCC[N+](C)(C)C)C(O)CCCCCCCCCCCCCCCCCCCCCCCCCCCCC. The predicted octanol–water partition coefficient (Wildman–Crippen LogP) is 22.8. The normalized spacial score (nSPS) is 14.0. The Bertz CT molecular complexity index is 1520. The lowest BCUT2D eigenvalue weighted by atomic mass is 10.0. The third-order valence-corrected chi connectivity index (χ3v) is 17.3. The number of phosphoric acid groups is 1. The number of likely N-dealkylation sites (N-methyl/N-ethyl adjacent to an activating group) is 1. The van der Waals surface area contributed by atoms with Crippen LogP contribution in [0, 0.1) is 0 Å². The summed E-state index contributed by atoms with van der Waals surface area (Å²) < 4.78 is 23.9.